The Labute approximate surface area is 285 Å². The van der Waals surface area contributed by atoms with Gasteiger partial charge in [0, 0.05) is 48.3 Å². The van der Waals surface area contributed by atoms with Crippen LogP contribution >= 0.6 is 22.7 Å². The Bertz CT molecular complexity index is 2630. The van der Waals surface area contributed by atoms with Crippen LogP contribution in [0.2, 0.25) is 0 Å². The van der Waals surface area contributed by atoms with Gasteiger partial charge in [-0.05, 0) is 64.2 Å². The van der Waals surface area contributed by atoms with Crippen molar-refractivity contribution in [2.24, 2.45) is 0 Å². The predicted molar refractivity (Wildman–Crippen MR) is 207 cm³/mol. The summed E-state index contributed by atoms with van der Waals surface area (Å²) in [5.41, 5.74) is 11.4. The largest absolute Gasteiger partial charge is 0.256 e. The molecule has 0 bridgehead atoms. The van der Waals surface area contributed by atoms with E-state index in [9.17, 15) is 0 Å². The molecule has 6 aromatic carbocycles. The first-order valence-electron chi connectivity index (χ1n) is 16.0. The summed E-state index contributed by atoms with van der Waals surface area (Å²) in [6.45, 7) is 0. The highest BCUT2D eigenvalue weighted by Crippen LogP contribution is 2.46. The number of rotatable bonds is 4. The molecule has 0 radical (unpaired) electrons. The van der Waals surface area contributed by atoms with Gasteiger partial charge >= 0.3 is 0 Å². The summed E-state index contributed by atoms with van der Waals surface area (Å²) in [6, 6.07) is 54.5. The van der Waals surface area contributed by atoms with Crippen molar-refractivity contribution in [3.8, 4) is 44.6 Å². The number of para-hydroxylation sites is 2. The maximum absolute atomic E-state index is 4.88. The highest BCUT2D eigenvalue weighted by Gasteiger charge is 2.14. The Kier molecular flexibility index (Phi) is 6.26. The minimum Gasteiger partial charge on any atom is -0.256 e. The summed E-state index contributed by atoms with van der Waals surface area (Å²) in [5, 5.41) is 5.01. The molecular weight excluding hydrogens is 621 g/mol. The first kappa shape index (κ1) is 27.4. The van der Waals surface area contributed by atoms with Gasteiger partial charge in [-0.15, -0.1) is 22.7 Å². The molecule has 10 rings (SSSR count). The molecule has 4 heteroatoms. The molecule has 48 heavy (non-hydrogen) atoms. The van der Waals surface area contributed by atoms with Gasteiger partial charge in [-0.25, -0.2) is 4.98 Å². The van der Waals surface area contributed by atoms with Gasteiger partial charge in [-0.3, -0.25) is 4.98 Å². The number of hydrogen-bond donors (Lipinski definition) is 0. The Hall–Kier alpha value is -5.68. The molecular formula is C44H26N2S2. The van der Waals surface area contributed by atoms with E-state index in [1.165, 1.54) is 57.4 Å². The number of thiophene rings is 2. The second-order valence-corrected chi connectivity index (χ2v) is 14.3. The smallest absolute Gasteiger partial charge is 0.0709 e. The van der Waals surface area contributed by atoms with E-state index in [2.05, 4.69) is 145 Å². The van der Waals surface area contributed by atoms with Gasteiger partial charge < -0.3 is 0 Å². The summed E-state index contributed by atoms with van der Waals surface area (Å²) in [5.74, 6) is 0. The molecule has 0 N–H and O–H groups in total. The van der Waals surface area contributed by atoms with Gasteiger partial charge in [0.05, 0.1) is 26.1 Å². The van der Waals surface area contributed by atoms with Crippen LogP contribution in [-0.4, -0.2) is 9.97 Å². The van der Waals surface area contributed by atoms with E-state index in [1.807, 2.05) is 41.0 Å². The van der Waals surface area contributed by atoms with Crippen LogP contribution in [0, 0.1) is 0 Å². The number of nitrogens with zero attached hydrogens (tertiary/aromatic N) is 2. The van der Waals surface area contributed by atoms with Crippen molar-refractivity contribution in [1.82, 2.24) is 9.97 Å². The monoisotopic (exact) mass is 646 g/mol. The number of pyridine rings is 2. The van der Waals surface area contributed by atoms with Crippen LogP contribution in [0.1, 0.15) is 0 Å². The minimum absolute atomic E-state index is 1.000. The molecule has 0 saturated heterocycles. The molecule has 224 valence electrons. The Morgan fingerprint density at radius 2 is 0.896 bits per heavy atom. The van der Waals surface area contributed by atoms with E-state index >= 15 is 0 Å². The van der Waals surface area contributed by atoms with Gasteiger partial charge in [-0.2, -0.15) is 0 Å². The Morgan fingerprint density at radius 1 is 0.375 bits per heavy atom. The molecule has 0 aliphatic carbocycles. The van der Waals surface area contributed by atoms with Gasteiger partial charge in [0.2, 0.25) is 0 Å². The second kappa shape index (κ2) is 11.0. The van der Waals surface area contributed by atoms with E-state index in [0.717, 1.165) is 38.6 Å². The van der Waals surface area contributed by atoms with Crippen molar-refractivity contribution in [2.45, 2.75) is 0 Å². The predicted octanol–water partition coefficient (Wildman–Crippen LogP) is 13.0. The zero-order chi connectivity index (χ0) is 31.6. The first-order valence-corrected chi connectivity index (χ1v) is 17.7. The molecule has 0 atom stereocenters. The fourth-order valence-corrected chi connectivity index (χ4v) is 9.49. The number of hydrogen-bond acceptors (Lipinski definition) is 4. The van der Waals surface area contributed by atoms with E-state index in [4.69, 9.17) is 4.98 Å². The van der Waals surface area contributed by atoms with Crippen molar-refractivity contribution in [1.29, 1.82) is 0 Å². The molecule has 0 aliphatic heterocycles. The third-order valence-corrected chi connectivity index (χ3v) is 11.8. The SMILES string of the molecule is c1ccc2ncc(-c3ccc(-c4ccc5c(c4)sc4c6ccc(-c7ccc(-c8ccc9ccccc9n8)cc7)cc6sc54)cc3)cc2c1. The molecule has 0 fully saturated rings. The van der Waals surface area contributed by atoms with Crippen molar-refractivity contribution < 1.29 is 0 Å². The molecule has 2 nitrogen and oxygen atoms in total. The maximum Gasteiger partial charge on any atom is 0.0709 e. The van der Waals surface area contributed by atoms with Crippen LogP contribution in [0.5, 0.6) is 0 Å². The minimum atomic E-state index is 1.000. The Balaban J connectivity index is 0.938. The van der Waals surface area contributed by atoms with Gasteiger partial charge in [0.1, 0.15) is 0 Å². The van der Waals surface area contributed by atoms with Crippen molar-refractivity contribution in [3.05, 3.63) is 158 Å². The fourth-order valence-electron chi connectivity index (χ4n) is 6.76. The van der Waals surface area contributed by atoms with E-state index < -0.39 is 0 Å². The maximum atomic E-state index is 4.88. The van der Waals surface area contributed by atoms with Crippen molar-refractivity contribution in [2.75, 3.05) is 0 Å². The number of aromatic nitrogens is 2. The lowest BCUT2D eigenvalue weighted by Gasteiger charge is -2.07. The quantitative estimate of drug-likeness (QED) is 0.190. The molecule has 10 aromatic rings. The summed E-state index contributed by atoms with van der Waals surface area (Å²) in [7, 11) is 0. The van der Waals surface area contributed by atoms with Crippen LogP contribution in [0.4, 0.5) is 0 Å². The summed E-state index contributed by atoms with van der Waals surface area (Å²) in [6.07, 6.45) is 1.97. The molecule has 0 amide bonds. The molecule has 0 unspecified atom stereocenters. The normalized spacial score (nSPS) is 11.8. The third-order valence-electron chi connectivity index (χ3n) is 9.34. The van der Waals surface area contributed by atoms with Crippen LogP contribution in [0.3, 0.4) is 0 Å². The van der Waals surface area contributed by atoms with E-state index in [0.29, 0.717) is 0 Å². The third kappa shape index (κ3) is 4.61. The van der Waals surface area contributed by atoms with Gasteiger partial charge in [-0.1, -0.05) is 115 Å². The lowest BCUT2D eigenvalue weighted by molar-refractivity contribution is 1.40. The lowest BCUT2D eigenvalue weighted by Crippen LogP contribution is -1.85. The zero-order valence-corrected chi connectivity index (χ0v) is 27.4. The highest BCUT2D eigenvalue weighted by molar-refractivity contribution is 7.36. The molecule has 4 heterocycles. The standard InChI is InChI=1S/C44H26N2S2/c1-4-8-39-30(5-1)19-22-40(46-39)31-15-13-28(14-16-31)33-18-21-37-42(25-33)48-43-36-20-17-32(24-41(36)47-44(37)43)27-9-11-29(12-10-27)35-23-34-6-2-3-7-38(34)45-26-35/h1-26H. The topological polar surface area (TPSA) is 25.8 Å². The van der Waals surface area contributed by atoms with Crippen molar-refractivity contribution in [3.63, 3.8) is 0 Å². The molecule has 0 aliphatic rings. The van der Waals surface area contributed by atoms with Crippen molar-refractivity contribution >= 4 is 74.1 Å². The number of benzene rings is 6. The molecule has 0 saturated carbocycles. The summed E-state index contributed by atoms with van der Waals surface area (Å²) < 4.78 is 5.43. The molecule has 0 spiro atoms. The Morgan fingerprint density at radius 3 is 1.54 bits per heavy atom. The summed E-state index contributed by atoms with van der Waals surface area (Å²) in [4.78, 5) is 9.53. The van der Waals surface area contributed by atoms with Crippen LogP contribution in [0.25, 0.3) is 96.0 Å². The average molecular weight is 647 g/mol. The van der Waals surface area contributed by atoms with Gasteiger partial charge in [0.25, 0.3) is 0 Å². The first-order chi connectivity index (χ1) is 23.7. The molecule has 4 aromatic heterocycles. The van der Waals surface area contributed by atoms with E-state index in [-0.39, 0.29) is 0 Å². The van der Waals surface area contributed by atoms with E-state index in [1.54, 1.807) is 0 Å². The van der Waals surface area contributed by atoms with Crippen LogP contribution < -0.4 is 0 Å². The lowest BCUT2D eigenvalue weighted by atomic mass is 10.00. The van der Waals surface area contributed by atoms with Crippen LogP contribution in [-0.2, 0) is 0 Å². The van der Waals surface area contributed by atoms with Gasteiger partial charge in [0.15, 0.2) is 0 Å². The fraction of sp³-hybridized carbons (Fsp3) is 0. The number of fused-ring (bicyclic) bond motifs is 7. The van der Waals surface area contributed by atoms with Crippen LogP contribution in [0.15, 0.2) is 158 Å². The second-order valence-electron chi connectivity index (χ2n) is 12.2. The highest BCUT2D eigenvalue weighted by atomic mass is 32.1. The summed E-state index contributed by atoms with van der Waals surface area (Å²) >= 11 is 3.81. The zero-order valence-electron chi connectivity index (χ0n) is 25.7. The average Bonchev–Trinajstić information content (AvgIpc) is 3.70.